The molecule has 1 aromatic heterocycles. The van der Waals surface area contributed by atoms with Crippen LogP contribution in [0.4, 0.5) is 0 Å². The number of halogens is 1. The Bertz CT molecular complexity index is 586. The summed E-state index contributed by atoms with van der Waals surface area (Å²) in [6.45, 7) is 5.12. The van der Waals surface area contributed by atoms with Crippen LogP contribution in [0.1, 0.15) is 56.8 Å². The summed E-state index contributed by atoms with van der Waals surface area (Å²) in [6, 6.07) is 0.780. The van der Waals surface area contributed by atoms with E-state index in [1.54, 1.807) is 0 Å². The third-order valence-electron chi connectivity index (χ3n) is 5.34. The lowest BCUT2D eigenvalue weighted by Crippen LogP contribution is -2.47. The lowest BCUT2D eigenvalue weighted by atomic mass is 9.94. The second-order valence-corrected chi connectivity index (χ2v) is 7.47. The number of aryl methyl sites for hydroxylation is 1. The van der Waals surface area contributed by atoms with Gasteiger partial charge in [0.25, 0.3) is 0 Å². The predicted molar refractivity (Wildman–Crippen MR) is 112 cm³/mol. The molecule has 1 heterocycles. The van der Waals surface area contributed by atoms with E-state index in [1.165, 1.54) is 11.3 Å². The van der Waals surface area contributed by atoms with Gasteiger partial charge in [-0.15, -0.1) is 24.0 Å². The topological polar surface area (TPSA) is 74.5 Å². The highest BCUT2D eigenvalue weighted by atomic mass is 127. The number of nitrogens with zero attached hydrogens (tertiary/aromatic N) is 3. The minimum atomic E-state index is -0.159. The molecule has 7 heteroatoms. The average molecular weight is 461 g/mol. The first kappa shape index (κ1) is 20.5. The van der Waals surface area contributed by atoms with Crippen molar-refractivity contribution in [2.75, 3.05) is 13.6 Å². The molecule has 0 aromatic carbocycles. The maximum atomic E-state index is 9.94. The molecule has 3 N–H and O–H groups in total. The maximum Gasteiger partial charge on any atom is 0.191 e. The normalized spacial score (nSPS) is 26.3. The fourth-order valence-corrected chi connectivity index (χ4v) is 3.77. The van der Waals surface area contributed by atoms with Crippen molar-refractivity contribution in [3.05, 3.63) is 17.5 Å². The summed E-state index contributed by atoms with van der Waals surface area (Å²) in [5.74, 6) is 1.19. The van der Waals surface area contributed by atoms with E-state index in [0.717, 1.165) is 51.0 Å². The van der Waals surface area contributed by atoms with E-state index in [1.807, 2.05) is 7.05 Å². The van der Waals surface area contributed by atoms with E-state index in [2.05, 4.69) is 40.4 Å². The second-order valence-electron chi connectivity index (χ2n) is 7.47. The Morgan fingerprint density at radius 3 is 2.84 bits per heavy atom. The van der Waals surface area contributed by atoms with Gasteiger partial charge in [-0.25, -0.2) is 0 Å². The summed E-state index contributed by atoms with van der Waals surface area (Å²) in [6.07, 6.45) is 8.32. The Balaban J connectivity index is 0.00000225. The average Bonchev–Trinajstić information content (AvgIpc) is 3.17. The number of fused-ring (bicyclic) bond motifs is 1. The minimum absolute atomic E-state index is 0. The lowest BCUT2D eigenvalue weighted by Gasteiger charge is -2.25. The van der Waals surface area contributed by atoms with Crippen LogP contribution in [-0.4, -0.2) is 46.6 Å². The van der Waals surface area contributed by atoms with Crippen molar-refractivity contribution >= 4 is 29.9 Å². The highest BCUT2D eigenvalue weighted by molar-refractivity contribution is 14.0. The zero-order chi connectivity index (χ0) is 17.1. The van der Waals surface area contributed by atoms with Gasteiger partial charge >= 0.3 is 0 Å². The summed E-state index contributed by atoms with van der Waals surface area (Å²) < 4.78 is 2.07. The number of nitrogens with one attached hydrogen (secondary N) is 2. The first-order valence-electron chi connectivity index (χ1n) is 9.29. The van der Waals surface area contributed by atoms with Gasteiger partial charge in [0.2, 0.25) is 0 Å². The van der Waals surface area contributed by atoms with Crippen molar-refractivity contribution in [1.29, 1.82) is 0 Å². The zero-order valence-electron chi connectivity index (χ0n) is 15.5. The minimum Gasteiger partial charge on any atom is -0.393 e. The molecule has 1 saturated carbocycles. The van der Waals surface area contributed by atoms with Crippen molar-refractivity contribution in [3.8, 4) is 0 Å². The molecule has 0 saturated heterocycles. The van der Waals surface area contributed by atoms with Gasteiger partial charge in [0.1, 0.15) is 0 Å². The number of hydrogen-bond donors (Lipinski definition) is 3. The molecular formula is C18H32IN5O. The Morgan fingerprint density at radius 2 is 2.20 bits per heavy atom. The molecule has 1 fully saturated rings. The summed E-state index contributed by atoms with van der Waals surface area (Å²) >= 11 is 0. The molecule has 6 nitrogen and oxygen atoms in total. The molecule has 2 aliphatic carbocycles. The zero-order valence-corrected chi connectivity index (χ0v) is 17.9. The number of aliphatic hydroxyl groups excluding tert-OH is 1. The van der Waals surface area contributed by atoms with Crippen LogP contribution in [0.3, 0.4) is 0 Å². The van der Waals surface area contributed by atoms with E-state index < -0.39 is 0 Å². The van der Waals surface area contributed by atoms with E-state index in [0.29, 0.717) is 18.0 Å². The van der Waals surface area contributed by atoms with Crippen LogP contribution in [0.2, 0.25) is 0 Å². The number of guanidine groups is 1. The first-order valence-corrected chi connectivity index (χ1v) is 9.29. The van der Waals surface area contributed by atoms with Crippen molar-refractivity contribution < 1.29 is 5.11 Å². The Hall–Kier alpha value is -0.830. The quantitative estimate of drug-likeness (QED) is 0.366. The standard InChI is InChI=1S/C18H31N5O.HI/c1-12(2)23-11-14-7-8-15(9-16(14)22-23)21-18(19-3)20-10-13-5-4-6-17(13)24;/h11-13,15,17,24H,4-10H2,1-3H3,(H2,19,20,21);1H. The van der Waals surface area contributed by atoms with E-state index in [-0.39, 0.29) is 30.1 Å². The van der Waals surface area contributed by atoms with Crippen LogP contribution in [-0.2, 0) is 12.8 Å². The van der Waals surface area contributed by atoms with Crippen molar-refractivity contribution in [2.45, 2.75) is 70.6 Å². The van der Waals surface area contributed by atoms with Crippen molar-refractivity contribution in [1.82, 2.24) is 20.4 Å². The molecule has 0 radical (unpaired) electrons. The molecule has 25 heavy (non-hydrogen) atoms. The first-order chi connectivity index (χ1) is 11.6. The molecule has 3 unspecified atom stereocenters. The highest BCUT2D eigenvalue weighted by Crippen LogP contribution is 2.25. The van der Waals surface area contributed by atoms with E-state index >= 15 is 0 Å². The van der Waals surface area contributed by atoms with Crippen LogP contribution >= 0.6 is 24.0 Å². The molecule has 0 amide bonds. The molecule has 3 atom stereocenters. The Labute approximate surface area is 167 Å². The summed E-state index contributed by atoms with van der Waals surface area (Å²) in [7, 11) is 1.81. The molecule has 1 aromatic rings. The van der Waals surface area contributed by atoms with Gasteiger partial charge in [0, 0.05) is 44.2 Å². The lowest BCUT2D eigenvalue weighted by molar-refractivity contribution is 0.134. The highest BCUT2D eigenvalue weighted by Gasteiger charge is 2.26. The van der Waals surface area contributed by atoms with E-state index in [4.69, 9.17) is 5.10 Å². The van der Waals surface area contributed by atoms with Gasteiger partial charge in [-0.05, 0) is 45.1 Å². The van der Waals surface area contributed by atoms with Crippen LogP contribution in [0.15, 0.2) is 11.2 Å². The predicted octanol–water partition coefficient (Wildman–Crippen LogP) is 2.27. The SMILES string of the molecule is CN=C(NCC1CCCC1O)NC1CCc2cn(C(C)C)nc2C1.I. The van der Waals surface area contributed by atoms with Gasteiger partial charge in [-0.2, -0.15) is 5.10 Å². The maximum absolute atomic E-state index is 9.94. The summed E-state index contributed by atoms with van der Waals surface area (Å²) in [4.78, 5) is 4.34. The fraction of sp³-hybridized carbons (Fsp3) is 0.778. The van der Waals surface area contributed by atoms with Crippen molar-refractivity contribution in [3.63, 3.8) is 0 Å². The molecule has 0 bridgehead atoms. The largest absolute Gasteiger partial charge is 0.393 e. The second kappa shape index (κ2) is 9.21. The Morgan fingerprint density at radius 1 is 1.40 bits per heavy atom. The van der Waals surface area contributed by atoms with Gasteiger partial charge in [-0.1, -0.05) is 6.42 Å². The number of aliphatic imine (C=N–C) groups is 1. The summed E-state index contributed by atoms with van der Waals surface area (Å²) in [5, 5.41) is 21.6. The number of rotatable bonds is 4. The monoisotopic (exact) mass is 461 g/mol. The van der Waals surface area contributed by atoms with E-state index in [9.17, 15) is 5.11 Å². The van der Waals surface area contributed by atoms with Gasteiger partial charge in [0.15, 0.2) is 5.96 Å². The van der Waals surface area contributed by atoms with Crippen molar-refractivity contribution in [2.24, 2.45) is 10.9 Å². The number of aromatic nitrogens is 2. The third-order valence-corrected chi connectivity index (χ3v) is 5.34. The molecule has 3 rings (SSSR count). The Kier molecular flexibility index (Phi) is 7.54. The van der Waals surface area contributed by atoms with Gasteiger partial charge < -0.3 is 15.7 Å². The molecule has 2 aliphatic rings. The number of aliphatic hydroxyl groups is 1. The molecule has 0 spiro atoms. The fourth-order valence-electron chi connectivity index (χ4n) is 3.77. The summed E-state index contributed by atoms with van der Waals surface area (Å²) in [5.41, 5.74) is 2.60. The third kappa shape index (κ3) is 5.09. The molecule has 0 aliphatic heterocycles. The van der Waals surface area contributed by atoms with Crippen LogP contribution in [0, 0.1) is 5.92 Å². The van der Waals surface area contributed by atoms with Crippen LogP contribution in [0.5, 0.6) is 0 Å². The van der Waals surface area contributed by atoms with Crippen LogP contribution < -0.4 is 10.6 Å². The van der Waals surface area contributed by atoms with Gasteiger partial charge in [0.05, 0.1) is 11.8 Å². The van der Waals surface area contributed by atoms with Crippen LogP contribution in [0.25, 0.3) is 0 Å². The smallest absolute Gasteiger partial charge is 0.191 e. The van der Waals surface area contributed by atoms with Gasteiger partial charge in [-0.3, -0.25) is 9.67 Å². The molecule has 142 valence electrons. The molecular weight excluding hydrogens is 429 g/mol. The number of hydrogen-bond acceptors (Lipinski definition) is 3.